The smallest absolute Gasteiger partial charge is 0.221 e. The molecule has 2 rings (SSSR count). The lowest BCUT2D eigenvalue weighted by molar-refractivity contribution is -0.121. The number of nitrogens with zero attached hydrogens (tertiary/aromatic N) is 1. The van der Waals surface area contributed by atoms with Crippen molar-refractivity contribution in [2.45, 2.75) is 25.4 Å². The van der Waals surface area contributed by atoms with Crippen LogP contribution in [0.4, 0.5) is 0 Å². The number of methoxy groups -OCH3 is 1. The van der Waals surface area contributed by atoms with E-state index in [9.17, 15) is 4.79 Å². The number of morpholine rings is 1. The number of hydrogen-bond acceptors (Lipinski definition) is 5. The first kappa shape index (κ1) is 17.7. The zero-order valence-electron chi connectivity index (χ0n) is 14.0. The Bertz CT molecular complexity index is 484. The molecule has 1 fully saturated rings. The molecule has 1 heterocycles. The Morgan fingerprint density at radius 2 is 2.00 bits per heavy atom. The van der Waals surface area contributed by atoms with Crippen molar-refractivity contribution in [3.05, 3.63) is 29.8 Å². The summed E-state index contributed by atoms with van der Waals surface area (Å²) >= 11 is 0. The van der Waals surface area contributed by atoms with Gasteiger partial charge in [-0.15, -0.1) is 0 Å². The summed E-state index contributed by atoms with van der Waals surface area (Å²) < 4.78 is 10.7. The average Bonchev–Trinajstić information content (AvgIpc) is 2.56. The van der Waals surface area contributed by atoms with Crippen molar-refractivity contribution in [2.24, 2.45) is 5.73 Å². The highest BCUT2D eigenvalue weighted by molar-refractivity contribution is 5.76. The zero-order chi connectivity index (χ0) is 16.7. The third-order valence-corrected chi connectivity index (χ3v) is 3.99. The van der Waals surface area contributed by atoms with Crippen LogP contribution >= 0.6 is 0 Å². The van der Waals surface area contributed by atoms with Crippen LogP contribution in [-0.4, -0.2) is 56.8 Å². The van der Waals surface area contributed by atoms with Crippen molar-refractivity contribution in [2.75, 3.05) is 40.0 Å². The standard InChI is InChI=1S/C17H27N3O3/c1-13(18)11-17(21)19-12-16(20-7-9-23-10-8-20)14-3-5-15(22-2)6-4-14/h3-6,13,16H,7-12,18H2,1-2H3,(H,19,21). The van der Waals surface area contributed by atoms with Crippen LogP contribution in [0.25, 0.3) is 0 Å². The third kappa shape index (κ3) is 5.49. The van der Waals surface area contributed by atoms with E-state index in [0.717, 1.165) is 37.6 Å². The average molecular weight is 321 g/mol. The third-order valence-electron chi connectivity index (χ3n) is 3.99. The predicted molar refractivity (Wildman–Crippen MR) is 89.4 cm³/mol. The number of benzene rings is 1. The van der Waals surface area contributed by atoms with Crippen molar-refractivity contribution in [1.82, 2.24) is 10.2 Å². The summed E-state index contributed by atoms with van der Waals surface area (Å²) in [5, 5.41) is 3.01. The van der Waals surface area contributed by atoms with Crippen LogP contribution in [0.3, 0.4) is 0 Å². The van der Waals surface area contributed by atoms with E-state index in [0.29, 0.717) is 13.0 Å². The summed E-state index contributed by atoms with van der Waals surface area (Å²) in [6.07, 6.45) is 0.346. The topological polar surface area (TPSA) is 76.8 Å². The zero-order valence-corrected chi connectivity index (χ0v) is 14.0. The molecule has 1 saturated heterocycles. The van der Waals surface area contributed by atoms with E-state index in [1.165, 1.54) is 0 Å². The summed E-state index contributed by atoms with van der Waals surface area (Å²) in [6.45, 7) is 5.57. The van der Waals surface area contributed by atoms with Gasteiger partial charge in [-0.25, -0.2) is 0 Å². The Morgan fingerprint density at radius 1 is 1.35 bits per heavy atom. The molecule has 3 N–H and O–H groups in total. The van der Waals surface area contributed by atoms with E-state index in [4.69, 9.17) is 15.2 Å². The lowest BCUT2D eigenvalue weighted by atomic mass is 10.0. The van der Waals surface area contributed by atoms with Crippen molar-refractivity contribution < 1.29 is 14.3 Å². The molecule has 1 aromatic carbocycles. The summed E-state index contributed by atoms with van der Waals surface area (Å²) in [5.41, 5.74) is 6.84. The molecule has 2 unspecified atom stereocenters. The quantitative estimate of drug-likeness (QED) is 0.781. The van der Waals surface area contributed by atoms with Gasteiger partial charge in [0.25, 0.3) is 0 Å². The second-order valence-electron chi connectivity index (χ2n) is 5.92. The van der Waals surface area contributed by atoms with Crippen LogP contribution in [0.2, 0.25) is 0 Å². The van der Waals surface area contributed by atoms with E-state index in [2.05, 4.69) is 22.3 Å². The van der Waals surface area contributed by atoms with Gasteiger partial charge in [0, 0.05) is 32.1 Å². The number of amides is 1. The lowest BCUT2D eigenvalue weighted by Gasteiger charge is -2.35. The van der Waals surface area contributed by atoms with Gasteiger partial charge < -0.3 is 20.5 Å². The maximum absolute atomic E-state index is 11.9. The van der Waals surface area contributed by atoms with Gasteiger partial charge in [-0.1, -0.05) is 12.1 Å². The number of carbonyl (C=O) groups is 1. The van der Waals surface area contributed by atoms with Gasteiger partial charge in [-0.3, -0.25) is 9.69 Å². The van der Waals surface area contributed by atoms with E-state index in [1.54, 1.807) is 7.11 Å². The predicted octanol–water partition coefficient (Wildman–Crippen LogP) is 0.922. The molecule has 6 nitrogen and oxygen atoms in total. The minimum Gasteiger partial charge on any atom is -0.497 e. The molecule has 0 bridgehead atoms. The second-order valence-corrected chi connectivity index (χ2v) is 5.92. The van der Waals surface area contributed by atoms with Gasteiger partial charge in [0.2, 0.25) is 5.91 Å². The van der Waals surface area contributed by atoms with Crippen molar-refractivity contribution in [3.8, 4) is 5.75 Å². The minimum absolute atomic E-state index is 0.00762. The van der Waals surface area contributed by atoms with Gasteiger partial charge in [0.05, 0.1) is 26.4 Å². The normalized spacial score (nSPS) is 18.2. The molecular weight excluding hydrogens is 294 g/mol. The SMILES string of the molecule is COc1ccc(C(CNC(=O)CC(C)N)N2CCOCC2)cc1. The Kier molecular flexibility index (Phi) is 6.83. The molecule has 6 heteroatoms. The van der Waals surface area contributed by atoms with Crippen molar-refractivity contribution >= 4 is 5.91 Å². The fraction of sp³-hybridized carbons (Fsp3) is 0.588. The van der Waals surface area contributed by atoms with Crippen LogP contribution in [0.1, 0.15) is 24.9 Å². The molecule has 0 spiro atoms. The summed E-state index contributed by atoms with van der Waals surface area (Å²) in [5.74, 6) is 0.822. The fourth-order valence-corrected chi connectivity index (χ4v) is 2.75. The van der Waals surface area contributed by atoms with E-state index >= 15 is 0 Å². The van der Waals surface area contributed by atoms with Gasteiger partial charge in [-0.05, 0) is 24.6 Å². The summed E-state index contributed by atoms with van der Waals surface area (Å²) in [4.78, 5) is 14.3. The first-order valence-corrected chi connectivity index (χ1v) is 8.08. The van der Waals surface area contributed by atoms with Gasteiger partial charge in [-0.2, -0.15) is 0 Å². The maximum Gasteiger partial charge on any atom is 0.221 e. The molecule has 1 aromatic rings. The Hall–Kier alpha value is -1.63. The number of rotatable bonds is 7. The molecular formula is C17H27N3O3. The van der Waals surface area contributed by atoms with Gasteiger partial charge >= 0.3 is 0 Å². The molecule has 0 radical (unpaired) electrons. The molecule has 0 aliphatic carbocycles. The highest BCUT2D eigenvalue weighted by atomic mass is 16.5. The number of nitrogens with one attached hydrogen (secondary N) is 1. The van der Waals surface area contributed by atoms with E-state index in [1.807, 2.05) is 19.1 Å². The molecule has 1 amide bonds. The van der Waals surface area contributed by atoms with Crippen LogP contribution in [0.5, 0.6) is 5.75 Å². The summed E-state index contributed by atoms with van der Waals surface area (Å²) in [6, 6.07) is 8.01. The van der Waals surface area contributed by atoms with Crippen LogP contribution in [-0.2, 0) is 9.53 Å². The fourth-order valence-electron chi connectivity index (χ4n) is 2.75. The second kappa shape index (κ2) is 8.86. The van der Waals surface area contributed by atoms with Gasteiger partial charge in [0.15, 0.2) is 0 Å². The minimum atomic E-state index is -0.127. The molecule has 1 aliphatic rings. The molecule has 2 atom stereocenters. The largest absolute Gasteiger partial charge is 0.497 e. The van der Waals surface area contributed by atoms with Crippen molar-refractivity contribution in [3.63, 3.8) is 0 Å². The van der Waals surface area contributed by atoms with E-state index < -0.39 is 0 Å². The van der Waals surface area contributed by atoms with Crippen LogP contribution < -0.4 is 15.8 Å². The molecule has 0 saturated carbocycles. The Morgan fingerprint density at radius 3 is 2.57 bits per heavy atom. The molecule has 1 aliphatic heterocycles. The van der Waals surface area contributed by atoms with Gasteiger partial charge in [0.1, 0.15) is 5.75 Å². The Balaban J connectivity index is 2.05. The maximum atomic E-state index is 11.9. The number of nitrogens with two attached hydrogens (primary N) is 1. The lowest BCUT2D eigenvalue weighted by Crippen LogP contribution is -2.44. The van der Waals surface area contributed by atoms with E-state index in [-0.39, 0.29) is 18.0 Å². The summed E-state index contributed by atoms with van der Waals surface area (Å²) in [7, 11) is 1.66. The first-order chi connectivity index (χ1) is 11.1. The Labute approximate surface area is 137 Å². The highest BCUT2D eigenvalue weighted by Crippen LogP contribution is 2.23. The monoisotopic (exact) mass is 321 g/mol. The van der Waals surface area contributed by atoms with Crippen LogP contribution in [0, 0.1) is 0 Å². The first-order valence-electron chi connectivity index (χ1n) is 8.08. The number of carbonyl (C=O) groups excluding carboxylic acids is 1. The molecule has 23 heavy (non-hydrogen) atoms. The molecule has 128 valence electrons. The van der Waals surface area contributed by atoms with Crippen molar-refractivity contribution in [1.29, 1.82) is 0 Å². The van der Waals surface area contributed by atoms with Crippen LogP contribution in [0.15, 0.2) is 24.3 Å². The number of ether oxygens (including phenoxy) is 2. The highest BCUT2D eigenvalue weighted by Gasteiger charge is 2.23. The molecule has 0 aromatic heterocycles. The number of hydrogen-bond donors (Lipinski definition) is 2.